The Hall–Kier alpha value is -4.04. The molecule has 0 aliphatic carbocycles. The van der Waals surface area contributed by atoms with Gasteiger partial charge in [0, 0.05) is 26.2 Å². The largest absolute Gasteiger partial charge is 0.485 e. The van der Waals surface area contributed by atoms with Crippen molar-refractivity contribution >= 4 is 17.5 Å². The molecule has 0 bridgehead atoms. The van der Waals surface area contributed by atoms with Crippen LogP contribution in [0.25, 0.3) is 0 Å². The lowest BCUT2D eigenvalue weighted by Gasteiger charge is -2.36. The third kappa shape index (κ3) is 5.55. The van der Waals surface area contributed by atoms with Crippen LogP contribution in [0.15, 0.2) is 78.9 Å². The quantitative estimate of drug-likeness (QED) is 0.591. The summed E-state index contributed by atoms with van der Waals surface area (Å²) in [6.07, 6.45) is -0.652. The number of carbonyl (C=O) groups excluding carboxylic acids is 2. The first-order valence-electron chi connectivity index (χ1n) is 11.7. The zero-order valence-corrected chi connectivity index (χ0v) is 19.3. The highest BCUT2D eigenvalue weighted by atomic mass is 16.6. The lowest BCUT2D eigenvalue weighted by Crippen LogP contribution is -2.54. The minimum atomic E-state index is -0.652. The fourth-order valence-corrected chi connectivity index (χ4v) is 4.14. The highest BCUT2D eigenvalue weighted by Crippen LogP contribution is 2.31. The van der Waals surface area contributed by atoms with Crippen molar-refractivity contribution in [1.82, 2.24) is 9.80 Å². The van der Waals surface area contributed by atoms with E-state index in [4.69, 9.17) is 14.2 Å². The highest BCUT2D eigenvalue weighted by molar-refractivity contribution is 5.93. The maximum atomic E-state index is 12.9. The van der Waals surface area contributed by atoms with Crippen LogP contribution in [0.5, 0.6) is 23.0 Å². The van der Waals surface area contributed by atoms with Crippen LogP contribution in [-0.2, 0) is 9.59 Å². The fourth-order valence-electron chi connectivity index (χ4n) is 4.14. The molecule has 3 aromatic carbocycles. The van der Waals surface area contributed by atoms with E-state index in [0.29, 0.717) is 54.9 Å². The van der Waals surface area contributed by atoms with Crippen molar-refractivity contribution in [1.29, 1.82) is 0 Å². The van der Waals surface area contributed by atoms with Gasteiger partial charge in [-0.25, -0.2) is 0 Å². The standard InChI is InChI=1S/C27H27N3O5/c31-26(28-21-10-4-5-11-22(21)34-20-8-2-1-3-9-20)18-29-14-16-30(17-15-29)27(32)25-19-33-23-12-6-7-13-24(23)35-25/h1-13,25H,14-19H2,(H,28,31)/t25-/m1/s1. The summed E-state index contributed by atoms with van der Waals surface area (Å²) in [7, 11) is 0. The summed E-state index contributed by atoms with van der Waals surface area (Å²) >= 11 is 0. The summed E-state index contributed by atoms with van der Waals surface area (Å²) in [5, 5.41) is 2.95. The number of fused-ring (bicyclic) bond motifs is 1. The van der Waals surface area contributed by atoms with E-state index >= 15 is 0 Å². The molecular weight excluding hydrogens is 446 g/mol. The number of carbonyl (C=O) groups is 2. The van der Waals surface area contributed by atoms with Gasteiger partial charge in [0.15, 0.2) is 17.2 Å². The molecule has 2 amide bonds. The number of hydrogen-bond acceptors (Lipinski definition) is 6. The Kier molecular flexibility index (Phi) is 6.81. The summed E-state index contributed by atoms with van der Waals surface area (Å²) in [4.78, 5) is 29.5. The maximum Gasteiger partial charge on any atom is 0.267 e. The van der Waals surface area contributed by atoms with Gasteiger partial charge in [-0.05, 0) is 36.4 Å². The van der Waals surface area contributed by atoms with E-state index in [1.54, 1.807) is 11.0 Å². The molecule has 0 spiro atoms. The van der Waals surface area contributed by atoms with Crippen LogP contribution < -0.4 is 19.5 Å². The smallest absolute Gasteiger partial charge is 0.267 e. The second kappa shape index (κ2) is 10.5. The van der Waals surface area contributed by atoms with Gasteiger partial charge < -0.3 is 24.4 Å². The first-order valence-corrected chi connectivity index (χ1v) is 11.7. The lowest BCUT2D eigenvalue weighted by atomic mass is 10.2. The van der Waals surface area contributed by atoms with Crippen molar-refractivity contribution in [3.63, 3.8) is 0 Å². The average Bonchev–Trinajstić information content (AvgIpc) is 2.90. The average molecular weight is 474 g/mol. The van der Waals surface area contributed by atoms with E-state index in [1.807, 2.05) is 77.7 Å². The number of rotatable bonds is 6. The number of anilines is 1. The van der Waals surface area contributed by atoms with Crippen LogP contribution in [0.1, 0.15) is 0 Å². The Morgan fingerprint density at radius 1 is 0.857 bits per heavy atom. The van der Waals surface area contributed by atoms with Crippen LogP contribution >= 0.6 is 0 Å². The topological polar surface area (TPSA) is 80.3 Å². The van der Waals surface area contributed by atoms with Crippen molar-refractivity contribution in [2.75, 3.05) is 44.6 Å². The second-order valence-corrected chi connectivity index (χ2v) is 8.43. The minimum absolute atomic E-state index is 0.0874. The van der Waals surface area contributed by atoms with Crippen LogP contribution in [0.2, 0.25) is 0 Å². The van der Waals surface area contributed by atoms with Crippen molar-refractivity contribution in [3.8, 4) is 23.0 Å². The van der Waals surface area contributed by atoms with Gasteiger partial charge in [-0.15, -0.1) is 0 Å². The van der Waals surface area contributed by atoms with E-state index in [0.717, 1.165) is 0 Å². The Labute approximate surface area is 204 Å². The minimum Gasteiger partial charge on any atom is -0.485 e. The summed E-state index contributed by atoms with van der Waals surface area (Å²) < 4.78 is 17.5. The van der Waals surface area contributed by atoms with E-state index in [-0.39, 0.29) is 25.0 Å². The van der Waals surface area contributed by atoms with Crippen LogP contribution in [0.4, 0.5) is 5.69 Å². The molecule has 2 heterocycles. The highest BCUT2D eigenvalue weighted by Gasteiger charge is 2.33. The predicted octanol–water partition coefficient (Wildman–Crippen LogP) is 3.40. The fraction of sp³-hybridized carbons (Fsp3) is 0.259. The molecule has 2 aliphatic heterocycles. The van der Waals surface area contributed by atoms with Gasteiger partial charge in [-0.2, -0.15) is 0 Å². The zero-order valence-electron chi connectivity index (χ0n) is 19.3. The summed E-state index contributed by atoms with van der Waals surface area (Å²) in [6.45, 7) is 2.70. The molecule has 1 atom stereocenters. The number of para-hydroxylation sites is 5. The molecule has 1 fully saturated rings. The molecule has 1 saturated heterocycles. The normalized spacial score (nSPS) is 17.5. The first kappa shape index (κ1) is 22.7. The molecule has 8 heteroatoms. The third-order valence-electron chi connectivity index (χ3n) is 5.97. The Bertz CT molecular complexity index is 1180. The Balaban J connectivity index is 1.11. The van der Waals surface area contributed by atoms with Crippen molar-refractivity contribution in [2.45, 2.75) is 6.10 Å². The summed E-state index contributed by atoms with van der Waals surface area (Å²) in [5.41, 5.74) is 0.616. The number of piperazine rings is 1. The zero-order chi connectivity index (χ0) is 24.0. The molecule has 180 valence electrons. The molecule has 1 N–H and O–H groups in total. The molecule has 35 heavy (non-hydrogen) atoms. The first-order chi connectivity index (χ1) is 17.2. The maximum absolute atomic E-state index is 12.9. The van der Waals surface area contributed by atoms with Gasteiger partial charge in [-0.1, -0.05) is 42.5 Å². The lowest BCUT2D eigenvalue weighted by molar-refractivity contribution is -0.143. The van der Waals surface area contributed by atoms with E-state index < -0.39 is 6.10 Å². The Morgan fingerprint density at radius 2 is 1.54 bits per heavy atom. The third-order valence-corrected chi connectivity index (χ3v) is 5.97. The van der Waals surface area contributed by atoms with Crippen molar-refractivity contribution < 1.29 is 23.8 Å². The van der Waals surface area contributed by atoms with Gasteiger partial charge in [0.2, 0.25) is 12.0 Å². The molecule has 2 aliphatic rings. The molecular formula is C27H27N3O5. The SMILES string of the molecule is O=C(CN1CCN(C(=O)[C@H]2COc3ccccc3O2)CC1)Nc1ccccc1Oc1ccccc1. The van der Waals surface area contributed by atoms with Gasteiger partial charge in [0.25, 0.3) is 5.91 Å². The summed E-state index contributed by atoms with van der Waals surface area (Å²) in [5.74, 6) is 2.31. The molecule has 0 saturated carbocycles. The molecule has 0 aromatic heterocycles. The molecule has 0 unspecified atom stereocenters. The number of nitrogens with zero attached hydrogens (tertiary/aromatic N) is 2. The number of ether oxygens (including phenoxy) is 3. The second-order valence-electron chi connectivity index (χ2n) is 8.43. The van der Waals surface area contributed by atoms with Crippen LogP contribution in [-0.4, -0.2) is 67.0 Å². The molecule has 8 nitrogen and oxygen atoms in total. The van der Waals surface area contributed by atoms with E-state index in [2.05, 4.69) is 5.32 Å². The van der Waals surface area contributed by atoms with Crippen LogP contribution in [0.3, 0.4) is 0 Å². The van der Waals surface area contributed by atoms with Gasteiger partial charge in [0.1, 0.15) is 12.4 Å². The number of nitrogens with one attached hydrogen (secondary N) is 1. The van der Waals surface area contributed by atoms with Crippen molar-refractivity contribution in [3.05, 3.63) is 78.9 Å². The van der Waals surface area contributed by atoms with E-state index in [1.165, 1.54) is 0 Å². The number of benzene rings is 3. The van der Waals surface area contributed by atoms with Gasteiger partial charge in [0.05, 0.1) is 12.2 Å². The Morgan fingerprint density at radius 3 is 2.34 bits per heavy atom. The molecule has 3 aromatic rings. The van der Waals surface area contributed by atoms with Gasteiger partial charge in [-0.3, -0.25) is 14.5 Å². The molecule has 0 radical (unpaired) electrons. The summed E-state index contributed by atoms with van der Waals surface area (Å²) in [6, 6.07) is 24.1. The molecule has 5 rings (SSSR count). The van der Waals surface area contributed by atoms with Gasteiger partial charge >= 0.3 is 0 Å². The number of amides is 2. The van der Waals surface area contributed by atoms with Crippen LogP contribution in [0, 0.1) is 0 Å². The van der Waals surface area contributed by atoms with Crippen molar-refractivity contribution in [2.24, 2.45) is 0 Å². The number of hydrogen-bond donors (Lipinski definition) is 1. The predicted molar refractivity (Wildman–Crippen MR) is 131 cm³/mol. The monoisotopic (exact) mass is 473 g/mol. The van der Waals surface area contributed by atoms with E-state index in [9.17, 15) is 9.59 Å².